The summed E-state index contributed by atoms with van der Waals surface area (Å²) in [6, 6.07) is 12.5. The van der Waals surface area contributed by atoms with Crippen molar-refractivity contribution < 1.29 is 9.72 Å². The average molecular weight is 327 g/mol. The summed E-state index contributed by atoms with van der Waals surface area (Å²) in [5, 5.41) is 13.6. The molecule has 0 fully saturated rings. The van der Waals surface area contributed by atoms with Crippen LogP contribution in [0.2, 0.25) is 0 Å². The molecule has 0 saturated carbocycles. The molecule has 24 heavy (non-hydrogen) atoms. The normalized spacial score (nSPS) is 10.3. The molecule has 0 aliphatic carbocycles. The second kappa shape index (κ2) is 7.59. The van der Waals surface area contributed by atoms with Gasteiger partial charge in [-0.05, 0) is 43.2 Å². The summed E-state index contributed by atoms with van der Waals surface area (Å²) < 4.78 is 0. The molecule has 0 aromatic heterocycles. The highest BCUT2D eigenvalue weighted by atomic mass is 16.6. The summed E-state index contributed by atoms with van der Waals surface area (Å²) in [5.74, 6) is -0.224. The van der Waals surface area contributed by atoms with Gasteiger partial charge in [0.1, 0.15) is 0 Å². The monoisotopic (exact) mass is 327 g/mol. The van der Waals surface area contributed by atoms with Crippen molar-refractivity contribution in [3.8, 4) is 0 Å². The van der Waals surface area contributed by atoms with Gasteiger partial charge >= 0.3 is 0 Å². The van der Waals surface area contributed by atoms with Crippen molar-refractivity contribution >= 4 is 17.3 Å². The molecule has 126 valence electrons. The van der Waals surface area contributed by atoms with E-state index in [0.29, 0.717) is 17.7 Å². The van der Waals surface area contributed by atoms with Crippen LogP contribution in [0.15, 0.2) is 42.5 Å². The highest BCUT2D eigenvalue weighted by molar-refractivity contribution is 5.94. The van der Waals surface area contributed by atoms with Crippen molar-refractivity contribution in [3.63, 3.8) is 0 Å². The van der Waals surface area contributed by atoms with Gasteiger partial charge in [-0.15, -0.1) is 0 Å². The van der Waals surface area contributed by atoms with Crippen LogP contribution in [0.3, 0.4) is 0 Å². The molecule has 0 saturated heterocycles. The van der Waals surface area contributed by atoms with Crippen molar-refractivity contribution in [2.45, 2.75) is 13.3 Å². The van der Waals surface area contributed by atoms with Gasteiger partial charge in [-0.1, -0.05) is 12.1 Å². The van der Waals surface area contributed by atoms with Gasteiger partial charge in [-0.25, -0.2) is 0 Å². The van der Waals surface area contributed by atoms with E-state index in [1.165, 1.54) is 12.1 Å². The van der Waals surface area contributed by atoms with Gasteiger partial charge in [0.05, 0.1) is 4.92 Å². The predicted octanol–water partition coefficient (Wildman–Crippen LogP) is 2.94. The standard InChI is InChI=1S/C18H21N3O3/c1-13-12-15(6-9-17(13)21(23)24)18(22)19-11-10-14-4-7-16(8-5-14)20(2)3/h4-9,12H,10-11H2,1-3H3,(H,19,22). The molecule has 1 amide bonds. The van der Waals surface area contributed by atoms with E-state index in [1.807, 2.05) is 43.3 Å². The van der Waals surface area contributed by atoms with Crippen LogP contribution in [0.25, 0.3) is 0 Å². The van der Waals surface area contributed by atoms with E-state index < -0.39 is 4.92 Å². The van der Waals surface area contributed by atoms with Gasteiger partial charge < -0.3 is 10.2 Å². The topological polar surface area (TPSA) is 75.5 Å². The third-order valence-corrected chi connectivity index (χ3v) is 3.81. The minimum Gasteiger partial charge on any atom is -0.378 e. The Hall–Kier alpha value is -2.89. The number of hydrogen-bond acceptors (Lipinski definition) is 4. The van der Waals surface area contributed by atoms with Gasteiger partial charge in [0.2, 0.25) is 0 Å². The average Bonchev–Trinajstić information content (AvgIpc) is 2.54. The smallest absolute Gasteiger partial charge is 0.272 e. The summed E-state index contributed by atoms with van der Waals surface area (Å²) in [4.78, 5) is 24.5. The Morgan fingerprint density at radius 1 is 1.17 bits per heavy atom. The summed E-state index contributed by atoms with van der Waals surface area (Å²) in [6.07, 6.45) is 0.728. The second-order valence-corrected chi connectivity index (χ2v) is 5.83. The lowest BCUT2D eigenvalue weighted by molar-refractivity contribution is -0.385. The molecule has 1 N–H and O–H groups in total. The van der Waals surface area contributed by atoms with Gasteiger partial charge in [-0.2, -0.15) is 0 Å². The fourth-order valence-corrected chi connectivity index (χ4v) is 2.38. The first-order valence-electron chi connectivity index (χ1n) is 7.68. The fraction of sp³-hybridized carbons (Fsp3) is 0.278. The van der Waals surface area contributed by atoms with Crippen LogP contribution < -0.4 is 10.2 Å². The largest absolute Gasteiger partial charge is 0.378 e. The first-order valence-corrected chi connectivity index (χ1v) is 7.68. The van der Waals surface area contributed by atoms with E-state index in [1.54, 1.807) is 13.0 Å². The fourth-order valence-electron chi connectivity index (χ4n) is 2.38. The Labute approximate surface area is 141 Å². The quantitative estimate of drug-likeness (QED) is 0.654. The Morgan fingerprint density at radius 2 is 1.83 bits per heavy atom. The maximum absolute atomic E-state index is 12.1. The first kappa shape index (κ1) is 17.5. The van der Waals surface area contributed by atoms with Crippen LogP contribution in [0.1, 0.15) is 21.5 Å². The maximum atomic E-state index is 12.1. The minimum atomic E-state index is -0.450. The molecule has 0 unspecified atom stereocenters. The molecular formula is C18H21N3O3. The van der Waals surface area contributed by atoms with E-state index in [2.05, 4.69) is 5.32 Å². The van der Waals surface area contributed by atoms with Crippen molar-refractivity contribution in [1.82, 2.24) is 5.32 Å². The van der Waals surface area contributed by atoms with E-state index in [4.69, 9.17) is 0 Å². The number of nitrogens with one attached hydrogen (secondary N) is 1. The molecule has 0 aliphatic heterocycles. The lowest BCUT2D eigenvalue weighted by Crippen LogP contribution is -2.25. The predicted molar refractivity (Wildman–Crippen MR) is 94.6 cm³/mol. The van der Waals surface area contributed by atoms with Crippen LogP contribution in [0.5, 0.6) is 0 Å². The van der Waals surface area contributed by atoms with Crippen LogP contribution in [-0.4, -0.2) is 31.5 Å². The molecule has 6 nitrogen and oxygen atoms in total. The van der Waals surface area contributed by atoms with Crippen LogP contribution >= 0.6 is 0 Å². The Morgan fingerprint density at radius 3 is 2.38 bits per heavy atom. The number of carbonyl (C=O) groups is 1. The van der Waals surface area contributed by atoms with Gasteiger partial charge in [-0.3, -0.25) is 14.9 Å². The Bertz CT molecular complexity index is 740. The summed E-state index contributed by atoms with van der Waals surface area (Å²) in [7, 11) is 3.98. The SMILES string of the molecule is Cc1cc(C(=O)NCCc2ccc(N(C)C)cc2)ccc1[N+](=O)[O-]. The molecule has 0 bridgehead atoms. The molecule has 0 radical (unpaired) electrons. The molecule has 0 heterocycles. The number of nitrogens with zero attached hydrogens (tertiary/aromatic N) is 2. The van der Waals surface area contributed by atoms with Crippen LogP contribution in [0.4, 0.5) is 11.4 Å². The minimum absolute atomic E-state index is 0.0209. The number of nitro benzene ring substituents is 1. The number of carbonyl (C=O) groups excluding carboxylic acids is 1. The van der Waals surface area contributed by atoms with E-state index >= 15 is 0 Å². The van der Waals surface area contributed by atoms with Crippen LogP contribution in [-0.2, 0) is 6.42 Å². The molecule has 2 aromatic rings. The number of benzene rings is 2. The lowest BCUT2D eigenvalue weighted by atomic mass is 10.1. The van der Waals surface area contributed by atoms with E-state index in [-0.39, 0.29) is 11.6 Å². The van der Waals surface area contributed by atoms with Crippen molar-refractivity contribution in [1.29, 1.82) is 0 Å². The lowest BCUT2D eigenvalue weighted by Gasteiger charge is -2.12. The van der Waals surface area contributed by atoms with Crippen LogP contribution in [0, 0.1) is 17.0 Å². The maximum Gasteiger partial charge on any atom is 0.272 e. The number of nitro groups is 1. The number of amides is 1. The highest BCUT2D eigenvalue weighted by Gasteiger charge is 2.13. The summed E-state index contributed by atoms with van der Waals surface area (Å²) in [5.41, 5.74) is 3.20. The van der Waals surface area contributed by atoms with Gasteiger partial charge in [0.15, 0.2) is 0 Å². The van der Waals surface area contributed by atoms with Crippen molar-refractivity contribution in [3.05, 3.63) is 69.3 Å². The molecule has 0 spiro atoms. The third-order valence-electron chi connectivity index (χ3n) is 3.81. The van der Waals surface area contributed by atoms with Crippen molar-refractivity contribution in [2.75, 3.05) is 25.5 Å². The summed E-state index contributed by atoms with van der Waals surface area (Å²) in [6.45, 7) is 2.14. The van der Waals surface area contributed by atoms with Gasteiger partial charge in [0, 0.05) is 43.5 Å². The Kier molecular flexibility index (Phi) is 5.52. The number of anilines is 1. The molecule has 2 aromatic carbocycles. The number of hydrogen-bond donors (Lipinski definition) is 1. The molecule has 0 atom stereocenters. The number of aryl methyl sites for hydroxylation is 1. The zero-order valence-electron chi connectivity index (χ0n) is 14.1. The second-order valence-electron chi connectivity index (χ2n) is 5.83. The molecule has 0 aliphatic rings. The number of rotatable bonds is 6. The zero-order valence-corrected chi connectivity index (χ0v) is 14.1. The third kappa shape index (κ3) is 4.32. The van der Waals surface area contributed by atoms with E-state index in [9.17, 15) is 14.9 Å². The van der Waals surface area contributed by atoms with Gasteiger partial charge in [0.25, 0.3) is 11.6 Å². The zero-order chi connectivity index (χ0) is 17.7. The summed E-state index contributed by atoms with van der Waals surface area (Å²) >= 11 is 0. The Balaban J connectivity index is 1.91. The van der Waals surface area contributed by atoms with Crippen molar-refractivity contribution in [2.24, 2.45) is 0 Å². The molecule has 6 heteroatoms. The van der Waals surface area contributed by atoms with E-state index in [0.717, 1.165) is 17.7 Å². The first-order chi connectivity index (χ1) is 11.4. The molecular weight excluding hydrogens is 306 g/mol. The molecule has 2 rings (SSSR count). The highest BCUT2D eigenvalue weighted by Crippen LogP contribution is 2.18.